The zero-order valence-electron chi connectivity index (χ0n) is 9.41. The van der Waals surface area contributed by atoms with Gasteiger partial charge in [-0.3, -0.25) is 0 Å². The molecule has 0 unspecified atom stereocenters. The van der Waals surface area contributed by atoms with Crippen LogP contribution in [-0.2, 0) is 0 Å². The number of fused-ring (bicyclic) bond motifs is 1. The van der Waals surface area contributed by atoms with Gasteiger partial charge in [0.2, 0.25) is 0 Å². The predicted octanol–water partition coefficient (Wildman–Crippen LogP) is 4.05. The third-order valence-corrected chi connectivity index (χ3v) is 12.5. The Hall–Kier alpha value is 0.217. The van der Waals surface area contributed by atoms with Gasteiger partial charge in [-0.15, -0.1) is 0 Å². The van der Waals surface area contributed by atoms with Gasteiger partial charge in [0.05, 0.1) is 8.07 Å². The summed E-state index contributed by atoms with van der Waals surface area (Å²) >= 11 is 0. The van der Waals surface area contributed by atoms with E-state index in [0.29, 0.717) is 5.04 Å². The maximum absolute atomic E-state index is 2.60. The van der Waals surface area contributed by atoms with E-state index in [4.69, 9.17) is 0 Å². The summed E-state index contributed by atoms with van der Waals surface area (Å²) in [6.07, 6.45) is 3.10. The molecule has 2 saturated carbocycles. The molecule has 12 heavy (non-hydrogen) atoms. The van der Waals surface area contributed by atoms with Crippen molar-refractivity contribution in [1.82, 2.24) is 0 Å². The van der Waals surface area contributed by atoms with Gasteiger partial charge in [0.1, 0.15) is 0 Å². The highest BCUT2D eigenvalue weighted by molar-refractivity contribution is 6.85. The van der Waals surface area contributed by atoms with E-state index in [1.807, 2.05) is 0 Å². The maximum Gasteiger partial charge on any atom is 0.0596 e. The second kappa shape index (κ2) is 1.70. The lowest BCUT2D eigenvalue weighted by Crippen LogP contribution is -2.40. The minimum absolute atomic E-state index is 0.598. The molecule has 0 aromatic carbocycles. The zero-order valence-corrected chi connectivity index (χ0v) is 10.4. The van der Waals surface area contributed by atoms with Crippen molar-refractivity contribution in [3.8, 4) is 0 Å². The summed E-state index contributed by atoms with van der Waals surface area (Å²) in [6, 6.07) is 0. The summed E-state index contributed by atoms with van der Waals surface area (Å²) in [4.78, 5) is 0. The van der Waals surface area contributed by atoms with Gasteiger partial charge >= 0.3 is 0 Å². The van der Waals surface area contributed by atoms with Gasteiger partial charge in [0.25, 0.3) is 0 Å². The lowest BCUT2D eigenvalue weighted by molar-refractivity contribution is 0.688. The molecule has 0 radical (unpaired) electrons. The van der Waals surface area contributed by atoms with Crippen LogP contribution in [-0.4, -0.2) is 8.07 Å². The van der Waals surface area contributed by atoms with Gasteiger partial charge in [-0.2, -0.15) is 0 Å². The Kier molecular flexibility index (Phi) is 1.25. The largest absolute Gasteiger partial charge is 0.0685 e. The summed E-state index contributed by atoms with van der Waals surface area (Å²) in [5.41, 5.74) is 0.815. The molecule has 2 rings (SSSR count). The maximum atomic E-state index is 2.60. The summed E-state index contributed by atoms with van der Waals surface area (Å²) in [6.45, 7) is 15.0. The van der Waals surface area contributed by atoms with Crippen LogP contribution in [0.4, 0.5) is 0 Å². The van der Waals surface area contributed by atoms with Crippen LogP contribution in [0.2, 0.25) is 23.2 Å². The topological polar surface area (TPSA) is 0 Å². The van der Waals surface area contributed by atoms with Crippen molar-refractivity contribution in [3.63, 3.8) is 0 Å². The molecule has 0 amide bonds. The molecule has 0 aromatic rings. The van der Waals surface area contributed by atoms with E-state index >= 15 is 0 Å². The van der Waals surface area contributed by atoms with Crippen molar-refractivity contribution >= 4 is 8.07 Å². The van der Waals surface area contributed by atoms with Gasteiger partial charge in [0.15, 0.2) is 0 Å². The molecule has 0 saturated heterocycles. The van der Waals surface area contributed by atoms with Gasteiger partial charge in [-0.1, -0.05) is 40.8 Å². The fourth-order valence-corrected chi connectivity index (χ4v) is 7.71. The Morgan fingerprint density at radius 1 is 1.08 bits per heavy atom. The highest BCUT2D eigenvalue weighted by atomic mass is 28.3. The van der Waals surface area contributed by atoms with E-state index in [9.17, 15) is 0 Å². The minimum atomic E-state index is -0.994. The van der Waals surface area contributed by atoms with Crippen molar-refractivity contribution in [2.24, 2.45) is 5.41 Å². The van der Waals surface area contributed by atoms with Crippen molar-refractivity contribution in [1.29, 1.82) is 0 Å². The molecule has 0 heterocycles. The second-order valence-corrected chi connectivity index (χ2v) is 12.6. The van der Waals surface area contributed by atoms with E-state index in [0.717, 1.165) is 10.5 Å². The average Bonchev–Trinajstić information content (AvgIpc) is 2.48. The average molecular weight is 182 g/mol. The smallest absolute Gasteiger partial charge is 0.0596 e. The fourth-order valence-electron chi connectivity index (χ4n) is 3.11. The van der Waals surface area contributed by atoms with Crippen LogP contribution in [0.15, 0.2) is 0 Å². The van der Waals surface area contributed by atoms with E-state index in [-0.39, 0.29) is 0 Å². The van der Waals surface area contributed by atoms with E-state index in [1.54, 1.807) is 12.8 Å². The Bertz CT molecular complexity index is 226. The van der Waals surface area contributed by atoms with Crippen molar-refractivity contribution in [3.05, 3.63) is 0 Å². The SMILES string of the molecule is CC12CC1([Si](C)(C)C(C)(C)C)C2. The molecule has 0 nitrogen and oxygen atoms in total. The van der Waals surface area contributed by atoms with Crippen LogP contribution in [0.3, 0.4) is 0 Å². The minimum Gasteiger partial charge on any atom is -0.0685 e. The highest BCUT2D eigenvalue weighted by Gasteiger charge is 2.86. The molecule has 0 aromatic heterocycles. The molecule has 70 valence electrons. The van der Waals surface area contributed by atoms with Crippen LogP contribution in [0.1, 0.15) is 40.5 Å². The molecule has 2 aliphatic carbocycles. The second-order valence-electron chi connectivity index (χ2n) is 6.87. The van der Waals surface area contributed by atoms with E-state index in [2.05, 4.69) is 40.8 Å². The van der Waals surface area contributed by atoms with E-state index < -0.39 is 8.07 Å². The van der Waals surface area contributed by atoms with Gasteiger partial charge in [-0.25, -0.2) is 0 Å². The fraction of sp³-hybridized carbons (Fsp3) is 1.00. The summed E-state index contributed by atoms with van der Waals surface area (Å²) in [7, 11) is -0.994. The van der Waals surface area contributed by atoms with Crippen molar-refractivity contribution in [2.75, 3.05) is 0 Å². The van der Waals surface area contributed by atoms with Gasteiger partial charge < -0.3 is 0 Å². The van der Waals surface area contributed by atoms with Crippen LogP contribution in [0.5, 0.6) is 0 Å². The Morgan fingerprint density at radius 2 is 1.42 bits per heavy atom. The number of rotatable bonds is 1. The Balaban J connectivity index is 2.25. The van der Waals surface area contributed by atoms with Crippen LogP contribution < -0.4 is 0 Å². The monoisotopic (exact) mass is 182 g/mol. The summed E-state index contributed by atoms with van der Waals surface area (Å²) < 4.78 is 0. The number of hydrogen-bond acceptors (Lipinski definition) is 0. The molecule has 0 aliphatic heterocycles. The number of hydrogen-bond donors (Lipinski definition) is 0. The Morgan fingerprint density at radius 3 is 1.50 bits per heavy atom. The zero-order chi connectivity index (χ0) is 9.41. The molecule has 1 heteroatoms. The third kappa shape index (κ3) is 0.700. The summed E-state index contributed by atoms with van der Waals surface area (Å²) in [5, 5.41) is 1.47. The first-order valence-electron chi connectivity index (χ1n) is 5.16. The molecule has 0 atom stereocenters. The first kappa shape index (κ1) is 8.80. The van der Waals surface area contributed by atoms with Crippen LogP contribution in [0.25, 0.3) is 0 Å². The standard InChI is InChI=1S/C11H22Si/c1-9(2,3)12(5,6)11-7-10(11,4)8-11/h7-8H2,1-6H3. The van der Waals surface area contributed by atoms with Gasteiger partial charge in [0, 0.05) is 0 Å². The normalized spacial score (nSPS) is 45.5. The molecular weight excluding hydrogens is 160 g/mol. The lowest BCUT2D eigenvalue weighted by Gasteiger charge is -2.40. The van der Waals surface area contributed by atoms with Crippen molar-refractivity contribution in [2.45, 2.75) is 63.7 Å². The first-order chi connectivity index (χ1) is 5.16. The van der Waals surface area contributed by atoms with E-state index in [1.165, 1.54) is 0 Å². The quantitative estimate of drug-likeness (QED) is 0.537. The predicted molar refractivity (Wildman–Crippen MR) is 57.2 cm³/mol. The molecule has 2 fully saturated rings. The molecule has 0 N–H and O–H groups in total. The van der Waals surface area contributed by atoms with Crippen LogP contribution in [0, 0.1) is 5.41 Å². The summed E-state index contributed by atoms with van der Waals surface area (Å²) in [5.74, 6) is 0. The third-order valence-electron chi connectivity index (χ3n) is 5.36. The molecular formula is C11H22Si. The Labute approximate surface area is 77.8 Å². The van der Waals surface area contributed by atoms with Gasteiger partial charge in [-0.05, 0) is 28.3 Å². The van der Waals surface area contributed by atoms with Crippen LogP contribution >= 0.6 is 0 Å². The molecule has 2 aliphatic rings. The van der Waals surface area contributed by atoms with Crippen molar-refractivity contribution < 1.29 is 0 Å². The first-order valence-corrected chi connectivity index (χ1v) is 8.16. The highest BCUT2D eigenvalue weighted by Crippen LogP contribution is 2.97. The molecule has 0 bridgehead atoms. The lowest BCUT2D eigenvalue weighted by atomic mass is 10.2. The molecule has 0 spiro atoms.